The van der Waals surface area contributed by atoms with Gasteiger partial charge in [-0.05, 0) is 0 Å². The zero-order valence-corrected chi connectivity index (χ0v) is 22.0. The van der Waals surface area contributed by atoms with E-state index in [1.54, 1.807) is 0 Å². The van der Waals surface area contributed by atoms with Crippen molar-refractivity contribution in [1.29, 1.82) is 0 Å². The Balaban J connectivity index is 0.000000443. The first kappa shape index (κ1) is 28.8. The summed E-state index contributed by atoms with van der Waals surface area (Å²) in [5.74, 6) is 0. The Morgan fingerprint density at radius 3 is 0.280 bits per heavy atom. The molecule has 0 radical (unpaired) electrons. The minimum Gasteiger partial charge on any atom is -0.197 e. The van der Waals surface area contributed by atoms with Gasteiger partial charge in [0.2, 0.25) is 0 Å². The van der Waals surface area contributed by atoms with Crippen molar-refractivity contribution in [3.8, 4) is 0 Å². The topological polar surface area (TPSA) is 0 Å². The van der Waals surface area contributed by atoms with Crippen LogP contribution in [-0.4, -0.2) is 64.5 Å². The molecule has 0 N–H and O–H groups in total. The molecule has 0 spiro atoms. The van der Waals surface area contributed by atoms with Gasteiger partial charge in [-0.25, -0.2) is 0 Å². The van der Waals surface area contributed by atoms with E-state index in [-0.39, 0.29) is 13.5 Å². The molecule has 25 heavy (non-hydrogen) atoms. The lowest BCUT2D eigenvalue weighted by Crippen LogP contribution is -2.52. The lowest BCUT2D eigenvalue weighted by molar-refractivity contribution is 0.544. The first-order valence-corrected chi connectivity index (χ1v) is 11.9. The van der Waals surface area contributed by atoms with Crippen LogP contribution in [0.15, 0.2) is 0 Å². The molecule has 0 unspecified atom stereocenters. The van der Waals surface area contributed by atoms with Crippen molar-refractivity contribution in [1.82, 2.24) is 0 Å². The normalized spacial score (nSPS) is 53.3. The van der Waals surface area contributed by atoms with Gasteiger partial charge in [0.25, 0.3) is 0 Å². The maximum absolute atomic E-state index is 5.88. The molecule has 0 atom stereocenters. The summed E-state index contributed by atoms with van der Waals surface area (Å²) in [5, 5.41) is -5.24. The number of hydrogen-bond donors (Lipinski definition) is 0. The fraction of sp³-hybridized carbons (Fsp3) is 1.00. The fourth-order valence-electron chi connectivity index (χ4n) is 2.11. The highest BCUT2D eigenvalue weighted by molar-refractivity contribution is 7.59. The standard InChI is InChI=1S/2C6H6Cl6.H2S/c2*7-1-2(8)4(10)6(12)5(11)3(1)9;/h2*1-6H;1H2. The van der Waals surface area contributed by atoms with Gasteiger partial charge >= 0.3 is 0 Å². The average molecular weight is 616 g/mol. The van der Waals surface area contributed by atoms with Crippen LogP contribution in [0.2, 0.25) is 0 Å². The Labute approximate surface area is 215 Å². The molecule has 0 aromatic carbocycles. The highest BCUT2D eigenvalue weighted by Crippen LogP contribution is 2.40. The van der Waals surface area contributed by atoms with Gasteiger partial charge in [0.05, 0.1) is 64.5 Å². The predicted octanol–water partition coefficient (Wildman–Crippen LogP) is 7.40. The molecule has 13 heteroatoms. The van der Waals surface area contributed by atoms with E-state index in [1.165, 1.54) is 0 Å². The van der Waals surface area contributed by atoms with E-state index in [0.29, 0.717) is 0 Å². The van der Waals surface area contributed by atoms with Gasteiger partial charge in [0.1, 0.15) is 0 Å². The Morgan fingerprint density at radius 1 is 0.200 bits per heavy atom. The minimum atomic E-state index is -0.437. The van der Waals surface area contributed by atoms with Crippen LogP contribution in [0.1, 0.15) is 0 Å². The second-order valence-corrected chi connectivity index (χ2v) is 11.4. The molecule has 0 saturated heterocycles. The maximum atomic E-state index is 5.88. The number of halogens is 12. The Morgan fingerprint density at radius 2 is 0.240 bits per heavy atom. The van der Waals surface area contributed by atoms with Crippen molar-refractivity contribution >= 4 is 153 Å². The molecule has 0 bridgehead atoms. The van der Waals surface area contributed by atoms with E-state index in [1.807, 2.05) is 0 Å². The molecule has 0 aromatic heterocycles. The fourth-order valence-corrected chi connectivity index (χ4v) is 6.76. The van der Waals surface area contributed by atoms with E-state index < -0.39 is 64.5 Å². The van der Waals surface area contributed by atoms with Gasteiger partial charge in [-0.15, -0.1) is 139 Å². The van der Waals surface area contributed by atoms with Crippen LogP contribution in [0.4, 0.5) is 0 Å². The SMILES string of the molecule is ClC1C(Cl)C(Cl)C(Cl)C(Cl)C1Cl.ClC1C(Cl)C(Cl)C(Cl)C(Cl)C1Cl.S. The van der Waals surface area contributed by atoms with Crippen LogP contribution in [0.5, 0.6) is 0 Å². The number of hydrogen-bond acceptors (Lipinski definition) is 0. The minimum absolute atomic E-state index is 0. The third kappa shape index (κ3) is 6.91. The number of rotatable bonds is 0. The molecule has 2 fully saturated rings. The first-order chi connectivity index (χ1) is 10.9. The maximum Gasteiger partial charge on any atom is 0.0693 e. The lowest BCUT2D eigenvalue weighted by Gasteiger charge is -2.37. The highest BCUT2D eigenvalue weighted by Gasteiger charge is 2.47. The molecule has 2 rings (SSSR count). The van der Waals surface area contributed by atoms with Gasteiger partial charge in [0.15, 0.2) is 0 Å². The largest absolute Gasteiger partial charge is 0.197 e. The summed E-state index contributed by atoms with van der Waals surface area (Å²) in [4.78, 5) is 0. The van der Waals surface area contributed by atoms with Crippen molar-refractivity contribution in [2.75, 3.05) is 0 Å². The summed E-state index contributed by atoms with van der Waals surface area (Å²) >= 11 is 70.6. The van der Waals surface area contributed by atoms with E-state index >= 15 is 0 Å². The Kier molecular flexibility index (Phi) is 14.6. The summed E-state index contributed by atoms with van der Waals surface area (Å²) < 4.78 is 0. The molecule has 0 nitrogen and oxygen atoms in total. The van der Waals surface area contributed by atoms with Gasteiger partial charge < -0.3 is 0 Å². The van der Waals surface area contributed by atoms with Crippen molar-refractivity contribution < 1.29 is 0 Å². The van der Waals surface area contributed by atoms with Gasteiger partial charge in [-0.1, -0.05) is 0 Å². The molecular formula is C12H14Cl12S. The summed E-state index contributed by atoms with van der Waals surface area (Å²) in [6, 6.07) is 0. The molecule has 0 heterocycles. The van der Waals surface area contributed by atoms with Crippen LogP contribution in [0, 0.1) is 0 Å². The quantitative estimate of drug-likeness (QED) is 0.249. The molecule has 2 aliphatic carbocycles. The van der Waals surface area contributed by atoms with Crippen molar-refractivity contribution in [3.05, 3.63) is 0 Å². The molecule has 2 saturated carbocycles. The van der Waals surface area contributed by atoms with Gasteiger partial charge in [0, 0.05) is 0 Å². The molecule has 2 aliphatic rings. The van der Waals surface area contributed by atoms with Gasteiger partial charge in [-0.2, -0.15) is 13.5 Å². The van der Waals surface area contributed by atoms with Crippen molar-refractivity contribution in [2.24, 2.45) is 0 Å². The van der Waals surface area contributed by atoms with Crippen LogP contribution >= 0.6 is 153 Å². The second kappa shape index (κ2) is 12.6. The van der Waals surface area contributed by atoms with E-state index in [9.17, 15) is 0 Å². The summed E-state index contributed by atoms with van der Waals surface area (Å²) in [6.07, 6.45) is 0. The zero-order valence-electron chi connectivity index (χ0n) is 12.0. The van der Waals surface area contributed by atoms with Crippen LogP contribution in [0.25, 0.3) is 0 Å². The Hall–Kier alpha value is 3.83. The molecule has 0 aliphatic heterocycles. The summed E-state index contributed by atoms with van der Waals surface area (Å²) in [5.41, 5.74) is 0. The third-order valence-electron chi connectivity index (χ3n) is 3.65. The van der Waals surface area contributed by atoms with Gasteiger partial charge in [-0.3, -0.25) is 0 Å². The monoisotopic (exact) mass is 610 g/mol. The highest BCUT2D eigenvalue weighted by atomic mass is 35.5. The van der Waals surface area contributed by atoms with E-state index in [0.717, 1.165) is 0 Å². The molecule has 152 valence electrons. The van der Waals surface area contributed by atoms with Crippen LogP contribution in [0.3, 0.4) is 0 Å². The van der Waals surface area contributed by atoms with Crippen molar-refractivity contribution in [2.45, 2.75) is 64.5 Å². The molecular weight excluding hydrogens is 602 g/mol. The molecule has 0 amide bonds. The van der Waals surface area contributed by atoms with Crippen LogP contribution in [-0.2, 0) is 0 Å². The predicted molar refractivity (Wildman–Crippen MR) is 126 cm³/mol. The van der Waals surface area contributed by atoms with E-state index in [4.69, 9.17) is 139 Å². The van der Waals surface area contributed by atoms with Crippen LogP contribution < -0.4 is 0 Å². The Bertz CT molecular complexity index is 249. The second-order valence-electron chi connectivity index (χ2n) is 5.33. The first-order valence-electron chi connectivity index (χ1n) is 6.62. The summed E-state index contributed by atoms with van der Waals surface area (Å²) in [7, 11) is 0. The number of alkyl halides is 12. The summed E-state index contributed by atoms with van der Waals surface area (Å²) in [6.45, 7) is 0. The third-order valence-corrected chi connectivity index (χ3v) is 11.7. The average Bonchev–Trinajstić information content (AvgIpc) is 2.58. The lowest BCUT2D eigenvalue weighted by atomic mass is 9.97. The smallest absolute Gasteiger partial charge is 0.0693 e. The van der Waals surface area contributed by atoms with E-state index in [2.05, 4.69) is 0 Å². The van der Waals surface area contributed by atoms with Crippen molar-refractivity contribution in [3.63, 3.8) is 0 Å². The zero-order chi connectivity index (χ0) is 18.9. The molecule has 0 aromatic rings.